The molecule has 0 radical (unpaired) electrons. The second kappa shape index (κ2) is 12.5. The van der Waals surface area contributed by atoms with Gasteiger partial charge in [0.2, 0.25) is 0 Å². The molecule has 0 aliphatic rings. The van der Waals surface area contributed by atoms with Crippen LogP contribution < -0.4 is 4.89 Å². The smallest absolute Gasteiger partial charge is 0.327 e. The van der Waals surface area contributed by atoms with Gasteiger partial charge < -0.3 is 37.6 Å². The van der Waals surface area contributed by atoms with Crippen LogP contribution in [0.3, 0.4) is 0 Å². The van der Waals surface area contributed by atoms with Gasteiger partial charge in [0, 0.05) is 13.8 Å². The number of aliphatic hydroxyl groups excluding tert-OH is 1. The van der Waals surface area contributed by atoms with E-state index in [4.69, 9.17) is 19.1 Å². The van der Waals surface area contributed by atoms with Crippen LogP contribution in [-0.2, 0) is 36.7 Å². The molecule has 0 bridgehead atoms. The molecule has 2 unspecified atom stereocenters. The van der Waals surface area contributed by atoms with Crippen LogP contribution in [0.4, 0.5) is 0 Å². The van der Waals surface area contributed by atoms with E-state index in [1.807, 2.05) is 0 Å². The Labute approximate surface area is 129 Å². The minimum absolute atomic E-state index is 0.000953. The molecule has 0 amide bonds. The second-order valence-electron chi connectivity index (χ2n) is 3.85. The largest absolute Gasteiger partial charge is 0.756 e. The summed E-state index contributed by atoms with van der Waals surface area (Å²) in [6, 6.07) is 0. The van der Waals surface area contributed by atoms with Gasteiger partial charge in [-0.3, -0.25) is 9.13 Å². The van der Waals surface area contributed by atoms with Crippen LogP contribution in [0.5, 0.6) is 0 Å². The maximum absolute atomic E-state index is 11.3. The summed E-state index contributed by atoms with van der Waals surface area (Å²) in [5.74, 6) is 0. The Morgan fingerprint density at radius 3 is 1.77 bits per heavy atom. The molecule has 0 fully saturated rings. The molecule has 0 heterocycles. The van der Waals surface area contributed by atoms with Gasteiger partial charge in [-0.2, -0.15) is 0 Å². The number of phosphoric acid groups is 1. The van der Waals surface area contributed by atoms with E-state index in [9.17, 15) is 14.0 Å². The van der Waals surface area contributed by atoms with Gasteiger partial charge in [-0.05, 0) is 0 Å². The highest BCUT2D eigenvalue weighted by Crippen LogP contribution is 2.42. The zero-order chi connectivity index (χ0) is 16.9. The summed E-state index contributed by atoms with van der Waals surface area (Å²) in [5, 5.41) is 8.44. The molecule has 0 saturated carbocycles. The van der Waals surface area contributed by atoms with Crippen molar-refractivity contribution in [2.75, 3.05) is 66.6 Å². The van der Waals surface area contributed by atoms with Crippen LogP contribution >= 0.6 is 15.4 Å². The fourth-order valence-corrected chi connectivity index (χ4v) is 2.22. The predicted octanol–water partition coefficient (Wildman–Crippen LogP) is -0.000600. The Morgan fingerprint density at radius 1 is 0.864 bits per heavy atom. The van der Waals surface area contributed by atoms with Gasteiger partial charge in [0.1, 0.15) is 0 Å². The molecule has 2 atom stereocenters. The third kappa shape index (κ3) is 13.8. The van der Waals surface area contributed by atoms with Crippen LogP contribution in [0, 0.1) is 0 Å². The van der Waals surface area contributed by atoms with Crippen LogP contribution in [0.15, 0.2) is 0 Å². The molecule has 10 nitrogen and oxygen atoms in total. The molecular formula is C10H23O10P2-. The van der Waals surface area contributed by atoms with Crippen molar-refractivity contribution in [1.82, 2.24) is 0 Å². The van der Waals surface area contributed by atoms with Gasteiger partial charge in [0.15, 0.2) is 0 Å². The number of rotatable bonds is 15. The monoisotopic (exact) mass is 365 g/mol. The van der Waals surface area contributed by atoms with Gasteiger partial charge in [-0.1, -0.05) is 0 Å². The molecule has 134 valence electrons. The highest BCUT2D eigenvalue weighted by molar-refractivity contribution is 7.52. The zero-order valence-electron chi connectivity index (χ0n) is 12.7. The maximum Gasteiger partial charge on any atom is 0.327 e. The van der Waals surface area contributed by atoms with Crippen molar-refractivity contribution < 1.29 is 46.7 Å². The highest BCUT2D eigenvalue weighted by Gasteiger charge is 2.13. The lowest BCUT2D eigenvalue weighted by Gasteiger charge is -2.22. The molecule has 0 saturated heterocycles. The van der Waals surface area contributed by atoms with Gasteiger partial charge in [-0.15, -0.1) is 0 Å². The Kier molecular flexibility index (Phi) is 12.6. The van der Waals surface area contributed by atoms with E-state index >= 15 is 0 Å². The topological polar surface area (TPSA) is 133 Å². The molecule has 0 aromatic carbocycles. The number of hydrogen-bond acceptors (Lipinski definition) is 10. The van der Waals surface area contributed by atoms with E-state index in [1.165, 1.54) is 13.8 Å². The summed E-state index contributed by atoms with van der Waals surface area (Å²) in [4.78, 5) is 11.3. The first kappa shape index (κ1) is 22.1. The van der Waals surface area contributed by atoms with E-state index in [1.54, 1.807) is 0 Å². The first-order valence-electron chi connectivity index (χ1n) is 6.47. The van der Waals surface area contributed by atoms with E-state index in [0.717, 1.165) is 0 Å². The van der Waals surface area contributed by atoms with E-state index in [0.29, 0.717) is 0 Å². The van der Waals surface area contributed by atoms with Crippen molar-refractivity contribution in [3.05, 3.63) is 0 Å². The Balaban J connectivity index is 3.52. The molecular weight excluding hydrogens is 342 g/mol. The zero-order valence-corrected chi connectivity index (χ0v) is 14.5. The number of ether oxygens (including phenoxy) is 2. The summed E-state index contributed by atoms with van der Waals surface area (Å²) in [7, 11) is -6.15. The van der Waals surface area contributed by atoms with Crippen molar-refractivity contribution in [3.8, 4) is 0 Å². The average Bonchev–Trinajstić information content (AvgIpc) is 2.46. The number of aliphatic hydroxyl groups is 1. The number of phosphoric ester groups is 1. The van der Waals surface area contributed by atoms with Crippen LogP contribution in [0.25, 0.3) is 0 Å². The Bertz CT molecular complexity index is 364. The standard InChI is InChI=1S/C10H24O10P2/c1-15-21(2,12)18-8-5-17-7-10-20-22(13,14)19-9-6-16-4-3-11/h11H,3-10H2,1-2H3,(H,13,14)/p-1. The minimum Gasteiger partial charge on any atom is -0.756 e. The van der Waals surface area contributed by atoms with Gasteiger partial charge in [0.05, 0.1) is 52.9 Å². The summed E-state index contributed by atoms with van der Waals surface area (Å²) >= 11 is 0. The van der Waals surface area contributed by atoms with Crippen molar-refractivity contribution in [3.63, 3.8) is 0 Å². The Hall–Kier alpha value is 0.140. The fourth-order valence-electron chi connectivity index (χ4n) is 1.04. The SMILES string of the molecule is COP(C)(=O)OCCOCCOP(=O)([O-])OCCOCCO. The van der Waals surface area contributed by atoms with Crippen LogP contribution in [0.2, 0.25) is 0 Å². The molecule has 0 aromatic rings. The molecule has 0 aliphatic carbocycles. The lowest BCUT2D eigenvalue weighted by Crippen LogP contribution is -2.15. The van der Waals surface area contributed by atoms with Crippen molar-refractivity contribution in [2.24, 2.45) is 0 Å². The van der Waals surface area contributed by atoms with Crippen molar-refractivity contribution in [1.29, 1.82) is 0 Å². The molecule has 0 aliphatic heterocycles. The van der Waals surface area contributed by atoms with Crippen molar-refractivity contribution >= 4 is 15.4 Å². The molecule has 22 heavy (non-hydrogen) atoms. The number of hydrogen-bond donors (Lipinski definition) is 1. The molecule has 12 heteroatoms. The van der Waals surface area contributed by atoms with Gasteiger partial charge >= 0.3 is 7.60 Å². The summed E-state index contributed by atoms with van der Waals surface area (Å²) in [6.45, 7) is 1.07. The highest BCUT2D eigenvalue weighted by atomic mass is 31.2. The average molecular weight is 365 g/mol. The third-order valence-corrected chi connectivity index (χ3v) is 4.39. The second-order valence-corrected chi connectivity index (χ2v) is 7.43. The normalized spacial score (nSPS) is 17.1. The third-order valence-electron chi connectivity index (χ3n) is 2.07. The van der Waals surface area contributed by atoms with Crippen LogP contribution in [0.1, 0.15) is 0 Å². The lowest BCUT2D eigenvalue weighted by atomic mass is 10.7. The molecule has 0 rings (SSSR count). The quantitative estimate of drug-likeness (QED) is 0.312. The van der Waals surface area contributed by atoms with Crippen LogP contribution in [-0.4, -0.2) is 71.7 Å². The summed E-state index contributed by atoms with van der Waals surface area (Å²) in [6.07, 6.45) is 0. The van der Waals surface area contributed by atoms with Gasteiger partial charge in [0.25, 0.3) is 7.82 Å². The summed E-state index contributed by atoms with van der Waals surface area (Å²) in [5.41, 5.74) is 0. The molecule has 0 aromatic heterocycles. The van der Waals surface area contributed by atoms with E-state index in [-0.39, 0.29) is 52.9 Å². The maximum atomic E-state index is 11.3. The predicted molar refractivity (Wildman–Crippen MR) is 74.7 cm³/mol. The Morgan fingerprint density at radius 2 is 1.32 bits per heavy atom. The van der Waals surface area contributed by atoms with Crippen molar-refractivity contribution in [2.45, 2.75) is 0 Å². The van der Waals surface area contributed by atoms with E-state index in [2.05, 4.69) is 13.6 Å². The lowest BCUT2D eigenvalue weighted by molar-refractivity contribution is -0.227. The van der Waals surface area contributed by atoms with E-state index < -0.39 is 15.4 Å². The molecule has 0 spiro atoms. The molecule has 1 N–H and O–H groups in total. The minimum atomic E-state index is -4.40. The summed E-state index contributed by atoms with van der Waals surface area (Å²) < 4.78 is 51.0. The van der Waals surface area contributed by atoms with Gasteiger partial charge in [-0.25, -0.2) is 0 Å². The fraction of sp³-hybridized carbons (Fsp3) is 1.00. The first-order chi connectivity index (χ1) is 10.3. The first-order valence-corrected chi connectivity index (χ1v) is 9.92.